The lowest BCUT2D eigenvalue weighted by Crippen LogP contribution is -2.25. The van der Waals surface area contributed by atoms with Crippen molar-refractivity contribution in [3.63, 3.8) is 0 Å². The van der Waals surface area contributed by atoms with Gasteiger partial charge in [-0.1, -0.05) is 31.2 Å². The molecule has 0 aromatic heterocycles. The second-order valence-corrected chi connectivity index (χ2v) is 5.22. The van der Waals surface area contributed by atoms with E-state index in [1.807, 2.05) is 24.3 Å². The third-order valence-electron chi connectivity index (χ3n) is 3.71. The predicted molar refractivity (Wildman–Crippen MR) is 67.6 cm³/mol. The Hall–Kier alpha value is -1.15. The lowest BCUT2D eigenvalue weighted by molar-refractivity contribution is -0.125. The topological polar surface area (TPSA) is 37.3 Å². The van der Waals surface area contributed by atoms with Gasteiger partial charge in [-0.3, -0.25) is 4.79 Å². The minimum atomic E-state index is 0.0830. The van der Waals surface area contributed by atoms with E-state index in [1.54, 1.807) is 0 Å². The van der Waals surface area contributed by atoms with Gasteiger partial charge in [0.05, 0.1) is 6.61 Å². The molecule has 0 spiro atoms. The van der Waals surface area contributed by atoms with Gasteiger partial charge in [0, 0.05) is 12.3 Å². The van der Waals surface area contributed by atoms with Gasteiger partial charge >= 0.3 is 0 Å². The van der Waals surface area contributed by atoms with Crippen LogP contribution in [0.4, 0.5) is 0 Å². The van der Waals surface area contributed by atoms with E-state index in [1.165, 1.54) is 5.56 Å². The molecule has 0 radical (unpaired) electrons. The van der Waals surface area contributed by atoms with Crippen LogP contribution >= 0.6 is 0 Å². The lowest BCUT2D eigenvalue weighted by Gasteiger charge is -2.25. The number of carbonyl (C=O) groups is 1. The number of hydrogen-bond acceptors (Lipinski definition) is 2. The van der Waals surface area contributed by atoms with Crippen LogP contribution in [0.25, 0.3) is 0 Å². The number of benzene rings is 1. The van der Waals surface area contributed by atoms with Crippen LogP contribution < -0.4 is 0 Å². The first-order chi connectivity index (χ1) is 8.19. The zero-order chi connectivity index (χ0) is 12.3. The highest BCUT2D eigenvalue weighted by molar-refractivity contribution is 5.82. The van der Waals surface area contributed by atoms with Gasteiger partial charge in [0.25, 0.3) is 0 Å². The van der Waals surface area contributed by atoms with Crippen LogP contribution in [0.2, 0.25) is 0 Å². The first-order valence-corrected chi connectivity index (χ1v) is 6.40. The third-order valence-corrected chi connectivity index (χ3v) is 3.71. The summed E-state index contributed by atoms with van der Waals surface area (Å²) in [6.45, 7) is 2.31. The average molecular weight is 232 g/mol. The fourth-order valence-electron chi connectivity index (χ4n) is 2.59. The first-order valence-electron chi connectivity index (χ1n) is 6.40. The van der Waals surface area contributed by atoms with Crippen LogP contribution in [0.5, 0.6) is 0 Å². The van der Waals surface area contributed by atoms with Crippen molar-refractivity contribution in [3.8, 4) is 0 Å². The SMILES string of the molecule is CC1CCC(=O)C(Cc2ccc(CO)cc2)C1. The summed E-state index contributed by atoms with van der Waals surface area (Å²) in [6.07, 6.45) is 3.69. The largest absolute Gasteiger partial charge is 0.392 e. The second-order valence-electron chi connectivity index (χ2n) is 5.22. The van der Waals surface area contributed by atoms with Gasteiger partial charge in [-0.25, -0.2) is 0 Å². The van der Waals surface area contributed by atoms with E-state index in [4.69, 9.17) is 5.11 Å². The lowest BCUT2D eigenvalue weighted by atomic mass is 9.78. The Kier molecular flexibility index (Phi) is 3.95. The van der Waals surface area contributed by atoms with Gasteiger partial charge in [0.15, 0.2) is 0 Å². The number of carbonyl (C=O) groups excluding carboxylic acids is 1. The molecule has 0 bridgehead atoms. The fourth-order valence-corrected chi connectivity index (χ4v) is 2.59. The zero-order valence-electron chi connectivity index (χ0n) is 10.4. The standard InChI is InChI=1S/C15H20O2/c1-11-2-7-15(17)14(8-11)9-12-3-5-13(10-16)6-4-12/h3-6,11,14,16H,2,7-10H2,1H3. The molecule has 1 saturated carbocycles. The van der Waals surface area contributed by atoms with E-state index in [0.717, 1.165) is 31.2 Å². The Balaban J connectivity index is 2.01. The van der Waals surface area contributed by atoms with Crippen molar-refractivity contribution in [2.75, 3.05) is 0 Å². The molecule has 17 heavy (non-hydrogen) atoms. The third kappa shape index (κ3) is 3.16. The normalized spacial score (nSPS) is 24.9. The first kappa shape index (κ1) is 12.3. The fraction of sp³-hybridized carbons (Fsp3) is 0.533. The summed E-state index contributed by atoms with van der Waals surface area (Å²) in [5.41, 5.74) is 2.13. The molecule has 2 nitrogen and oxygen atoms in total. The van der Waals surface area contributed by atoms with Crippen molar-refractivity contribution in [1.82, 2.24) is 0 Å². The average Bonchev–Trinajstić information content (AvgIpc) is 2.35. The number of hydrogen-bond donors (Lipinski definition) is 1. The van der Waals surface area contributed by atoms with Gasteiger partial charge in [0.1, 0.15) is 5.78 Å². The molecular weight excluding hydrogens is 212 g/mol. The summed E-state index contributed by atoms with van der Waals surface area (Å²) in [4.78, 5) is 11.8. The number of rotatable bonds is 3. The molecule has 1 N–H and O–H groups in total. The monoisotopic (exact) mass is 232 g/mol. The molecule has 2 heteroatoms. The highest BCUT2D eigenvalue weighted by atomic mass is 16.3. The Labute approximate surface area is 103 Å². The maximum absolute atomic E-state index is 11.8. The van der Waals surface area contributed by atoms with Gasteiger partial charge in [-0.2, -0.15) is 0 Å². The molecule has 1 aromatic carbocycles. The molecule has 1 aliphatic rings. The van der Waals surface area contributed by atoms with E-state index in [-0.39, 0.29) is 12.5 Å². The van der Waals surface area contributed by atoms with Crippen molar-refractivity contribution < 1.29 is 9.90 Å². The van der Waals surface area contributed by atoms with E-state index in [9.17, 15) is 4.79 Å². The van der Waals surface area contributed by atoms with E-state index in [2.05, 4.69) is 6.92 Å². The molecule has 1 aromatic rings. The number of aliphatic hydroxyl groups is 1. The molecule has 0 heterocycles. The van der Waals surface area contributed by atoms with Gasteiger partial charge in [-0.15, -0.1) is 0 Å². The van der Waals surface area contributed by atoms with E-state index >= 15 is 0 Å². The van der Waals surface area contributed by atoms with Crippen molar-refractivity contribution in [2.24, 2.45) is 11.8 Å². The maximum atomic E-state index is 11.8. The van der Waals surface area contributed by atoms with Gasteiger partial charge < -0.3 is 5.11 Å². The van der Waals surface area contributed by atoms with Crippen LogP contribution in [-0.4, -0.2) is 10.9 Å². The Morgan fingerprint density at radius 2 is 1.88 bits per heavy atom. The van der Waals surface area contributed by atoms with Crippen molar-refractivity contribution >= 4 is 5.78 Å². The molecule has 1 fully saturated rings. The zero-order valence-corrected chi connectivity index (χ0v) is 10.4. The maximum Gasteiger partial charge on any atom is 0.136 e. The van der Waals surface area contributed by atoms with Crippen LogP contribution in [0.15, 0.2) is 24.3 Å². The van der Waals surface area contributed by atoms with Crippen molar-refractivity contribution in [2.45, 2.75) is 39.2 Å². The van der Waals surface area contributed by atoms with Crippen LogP contribution in [0, 0.1) is 11.8 Å². The summed E-state index contributed by atoms with van der Waals surface area (Å²) in [5.74, 6) is 1.31. The summed E-state index contributed by atoms with van der Waals surface area (Å²) in [6, 6.07) is 7.92. The molecule has 2 unspecified atom stereocenters. The smallest absolute Gasteiger partial charge is 0.136 e. The van der Waals surface area contributed by atoms with Gasteiger partial charge in [0.2, 0.25) is 0 Å². The predicted octanol–water partition coefficient (Wildman–Crippen LogP) is 2.73. The second kappa shape index (κ2) is 5.46. The molecular formula is C15H20O2. The Bertz CT molecular complexity index is 380. The van der Waals surface area contributed by atoms with Crippen molar-refractivity contribution in [1.29, 1.82) is 0 Å². The quantitative estimate of drug-likeness (QED) is 0.870. The van der Waals surface area contributed by atoms with E-state index < -0.39 is 0 Å². The molecule has 1 aliphatic carbocycles. The molecule has 0 saturated heterocycles. The summed E-state index contributed by atoms with van der Waals surface area (Å²) in [5, 5.41) is 8.97. The van der Waals surface area contributed by atoms with Crippen molar-refractivity contribution in [3.05, 3.63) is 35.4 Å². The molecule has 2 rings (SSSR count). The molecule has 0 amide bonds. The number of ketones is 1. The highest BCUT2D eigenvalue weighted by Gasteiger charge is 2.26. The van der Waals surface area contributed by atoms with E-state index in [0.29, 0.717) is 11.7 Å². The summed E-state index contributed by atoms with van der Waals surface area (Å²) in [7, 11) is 0. The summed E-state index contributed by atoms with van der Waals surface area (Å²) >= 11 is 0. The van der Waals surface area contributed by atoms with Crippen LogP contribution in [-0.2, 0) is 17.8 Å². The van der Waals surface area contributed by atoms with Crippen LogP contribution in [0.3, 0.4) is 0 Å². The molecule has 0 aliphatic heterocycles. The minimum Gasteiger partial charge on any atom is -0.392 e. The minimum absolute atomic E-state index is 0.0830. The Morgan fingerprint density at radius 1 is 1.24 bits per heavy atom. The molecule has 92 valence electrons. The molecule has 2 atom stereocenters. The Morgan fingerprint density at radius 3 is 2.53 bits per heavy atom. The summed E-state index contributed by atoms with van der Waals surface area (Å²) < 4.78 is 0. The van der Waals surface area contributed by atoms with Crippen LogP contribution in [0.1, 0.15) is 37.3 Å². The van der Waals surface area contributed by atoms with Gasteiger partial charge in [-0.05, 0) is 36.3 Å². The number of Topliss-reactive ketones (excluding diaryl/α,β-unsaturated/α-hetero) is 1. The highest BCUT2D eigenvalue weighted by Crippen LogP contribution is 2.28. The number of aliphatic hydroxyl groups excluding tert-OH is 1.